The molecule has 0 atom stereocenters. The third-order valence-electron chi connectivity index (χ3n) is 2.96. The van der Waals surface area contributed by atoms with E-state index in [4.69, 9.17) is 11.6 Å². The first-order valence-electron chi connectivity index (χ1n) is 5.95. The molecule has 0 saturated heterocycles. The molecule has 2 aromatic carbocycles. The number of benzene rings is 2. The smallest absolute Gasteiger partial charge is 0.162 e. The zero-order valence-corrected chi connectivity index (χ0v) is 13.8. The van der Waals surface area contributed by atoms with E-state index >= 15 is 0 Å². The summed E-state index contributed by atoms with van der Waals surface area (Å²) in [6, 6.07) is 13.9. The lowest BCUT2D eigenvalue weighted by atomic mass is 10.2. The van der Waals surface area contributed by atoms with E-state index in [9.17, 15) is 0 Å². The third kappa shape index (κ3) is 2.55. The predicted octanol–water partition coefficient (Wildman–Crippen LogP) is 5.43. The van der Waals surface area contributed by atoms with Crippen molar-refractivity contribution in [2.45, 2.75) is 4.90 Å². The summed E-state index contributed by atoms with van der Waals surface area (Å²) in [5, 5.41) is 1.33. The summed E-state index contributed by atoms with van der Waals surface area (Å²) >= 11 is 11.4. The minimum Gasteiger partial charge on any atom is -0.228 e. The molecule has 0 aliphatic rings. The lowest BCUT2D eigenvalue weighted by molar-refractivity contribution is 1.20. The van der Waals surface area contributed by atoms with Gasteiger partial charge in [-0.2, -0.15) is 0 Å². The Morgan fingerprint density at radius 1 is 1.10 bits per heavy atom. The van der Waals surface area contributed by atoms with Gasteiger partial charge in [0.15, 0.2) is 5.82 Å². The van der Waals surface area contributed by atoms with E-state index in [1.165, 1.54) is 0 Å². The Bertz CT molecular complexity index is 792. The fourth-order valence-corrected chi connectivity index (χ4v) is 3.20. The summed E-state index contributed by atoms with van der Waals surface area (Å²) in [5.41, 5.74) is 1.85. The van der Waals surface area contributed by atoms with E-state index in [-0.39, 0.29) is 0 Å². The first-order chi connectivity index (χ1) is 9.69. The van der Waals surface area contributed by atoms with Crippen molar-refractivity contribution in [3.05, 3.63) is 52.1 Å². The SMILES string of the molecule is CSc1ccccc1-c1nc(Cl)c2cc(Br)ccc2n1. The van der Waals surface area contributed by atoms with Crippen molar-refractivity contribution in [1.82, 2.24) is 9.97 Å². The number of aromatic nitrogens is 2. The molecule has 0 aliphatic heterocycles. The van der Waals surface area contributed by atoms with E-state index in [0.717, 1.165) is 25.8 Å². The maximum Gasteiger partial charge on any atom is 0.162 e. The Balaban J connectivity index is 2.25. The molecule has 0 spiro atoms. The topological polar surface area (TPSA) is 25.8 Å². The maximum absolute atomic E-state index is 6.30. The number of halogens is 2. The van der Waals surface area contributed by atoms with Crippen molar-refractivity contribution in [1.29, 1.82) is 0 Å². The molecule has 1 heterocycles. The molecule has 3 rings (SSSR count). The van der Waals surface area contributed by atoms with Crippen molar-refractivity contribution in [2.75, 3.05) is 6.26 Å². The third-order valence-corrected chi connectivity index (χ3v) is 4.54. The van der Waals surface area contributed by atoms with E-state index in [2.05, 4.69) is 32.0 Å². The number of nitrogens with zero attached hydrogens (tertiary/aromatic N) is 2. The van der Waals surface area contributed by atoms with Crippen molar-refractivity contribution in [3.63, 3.8) is 0 Å². The lowest BCUT2D eigenvalue weighted by Gasteiger charge is -2.08. The molecule has 100 valence electrons. The second-order valence-corrected chi connectivity index (χ2v) is 6.32. The normalized spacial score (nSPS) is 10.9. The largest absolute Gasteiger partial charge is 0.228 e. The van der Waals surface area contributed by atoms with E-state index in [1.807, 2.05) is 42.7 Å². The van der Waals surface area contributed by atoms with Gasteiger partial charge in [0.05, 0.1) is 5.52 Å². The number of hydrogen-bond donors (Lipinski definition) is 0. The molecule has 2 nitrogen and oxygen atoms in total. The summed E-state index contributed by atoms with van der Waals surface area (Å²) in [6.07, 6.45) is 2.04. The zero-order valence-electron chi connectivity index (χ0n) is 10.6. The van der Waals surface area contributed by atoms with Crippen molar-refractivity contribution in [3.8, 4) is 11.4 Å². The van der Waals surface area contributed by atoms with Crippen LogP contribution in [0.2, 0.25) is 5.15 Å². The van der Waals surface area contributed by atoms with Crippen molar-refractivity contribution < 1.29 is 0 Å². The van der Waals surface area contributed by atoms with Gasteiger partial charge < -0.3 is 0 Å². The van der Waals surface area contributed by atoms with Gasteiger partial charge >= 0.3 is 0 Å². The van der Waals surface area contributed by atoms with Gasteiger partial charge in [0.2, 0.25) is 0 Å². The number of rotatable bonds is 2. The molecular weight excluding hydrogens is 356 g/mol. The van der Waals surface area contributed by atoms with Crippen LogP contribution in [0.15, 0.2) is 51.8 Å². The highest BCUT2D eigenvalue weighted by Gasteiger charge is 2.11. The first kappa shape index (κ1) is 13.9. The fourth-order valence-electron chi connectivity index (χ4n) is 2.01. The molecule has 20 heavy (non-hydrogen) atoms. The highest BCUT2D eigenvalue weighted by Crippen LogP contribution is 2.31. The second-order valence-electron chi connectivity index (χ2n) is 4.20. The molecule has 0 aliphatic carbocycles. The van der Waals surface area contributed by atoms with Crippen LogP contribution in [0.25, 0.3) is 22.3 Å². The molecule has 0 bridgehead atoms. The summed E-state index contributed by atoms with van der Waals surface area (Å²) in [4.78, 5) is 10.2. The molecule has 0 saturated carbocycles. The van der Waals surface area contributed by atoms with Gasteiger partial charge in [-0.15, -0.1) is 11.8 Å². The van der Waals surface area contributed by atoms with Crippen LogP contribution < -0.4 is 0 Å². The van der Waals surface area contributed by atoms with Crippen LogP contribution in [-0.4, -0.2) is 16.2 Å². The van der Waals surface area contributed by atoms with Crippen LogP contribution >= 0.6 is 39.3 Å². The molecule has 1 aromatic heterocycles. The molecule has 3 aromatic rings. The van der Waals surface area contributed by atoms with Gasteiger partial charge in [0.1, 0.15) is 5.15 Å². The Kier molecular flexibility index (Phi) is 3.96. The molecule has 0 fully saturated rings. The standard InChI is InChI=1S/C15H10BrClN2S/c1-20-13-5-3-2-4-10(13)15-18-12-7-6-9(16)8-11(12)14(17)19-15/h2-8H,1H3. The zero-order chi connectivity index (χ0) is 14.1. The van der Waals surface area contributed by atoms with Crippen LogP contribution in [0.1, 0.15) is 0 Å². The molecule has 0 unspecified atom stereocenters. The molecule has 5 heteroatoms. The van der Waals surface area contributed by atoms with Crippen LogP contribution in [0, 0.1) is 0 Å². The molecular formula is C15H10BrClN2S. The summed E-state index contributed by atoms with van der Waals surface area (Å²) < 4.78 is 0.966. The lowest BCUT2D eigenvalue weighted by Crippen LogP contribution is -1.93. The van der Waals surface area contributed by atoms with Crippen molar-refractivity contribution in [2.24, 2.45) is 0 Å². The van der Waals surface area contributed by atoms with Gasteiger partial charge in [-0.05, 0) is 30.5 Å². The summed E-state index contributed by atoms with van der Waals surface area (Å²) in [7, 11) is 0. The number of thioether (sulfide) groups is 1. The summed E-state index contributed by atoms with van der Waals surface area (Å²) in [6.45, 7) is 0. The Morgan fingerprint density at radius 3 is 2.70 bits per heavy atom. The average Bonchev–Trinajstić information content (AvgIpc) is 2.47. The maximum atomic E-state index is 6.30. The van der Waals surface area contributed by atoms with Crippen LogP contribution in [0.5, 0.6) is 0 Å². The molecule has 0 amide bonds. The Labute approximate surface area is 134 Å². The minimum atomic E-state index is 0.474. The van der Waals surface area contributed by atoms with Gasteiger partial charge in [0.25, 0.3) is 0 Å². The van der Waals surface area contributed by atoms with Crippen LogP contribution in [0.3, 0.4) is 0 Å². The summed E-state index contributed by atoms with van der Waals surface area (Å²) in [5.74, 6) is 0.662. The van der Waals surface area contributed by atoms with Crippen molar-refractivity contribution >= 4 is 50.2 Å². The van der Waals surface area contributed by atoms with E-state index in [1.54, 1.807) is 11.8 Å². The quantitative estimate of drug-likeness (QED) is 0.447. The van der Waals surface area contributed by atoms with Crippen LogP contribution in [-0.2, 0) is 0 Å². The average molecular weight is 366 g/mol. The minimum absolute atomic E-state index is 0.474. The number of hydrogen-bond acceptors (Lipinski definition) is 3. The predicted molar refractivity (Wildman–Crippen MR) is 89.5 cm³/mol. The highest BCUT2D eigenvalue weighted by atomic mass is 79.9. The second kappa shape index (κ2) is 5.72. The van der Waals surface area contributed by atoms with Gasteiger partial charge in [-0.3, -0.25) is 0 Å². The monoisotopic (exact) mass is 364 g/mol. The Hall–Kier alpha value is -1.10. The number of fused-ring (bicyclic) bond motifs is 1. The van der Waals surface area contributed by atoms with E-state index in [0.29, 0.717) is 11.0 Å². The fraction of sp³-hybridized carbons (Fsp3) is 0.0667. The van der Waals surface area contributed by atoms with Gasteiger partial charge in [0, 0.05) is 20.3 Å². The molecule has 0 radical (unpaired) electrons. The van der Waals surface area contributed by atoms with Gasteiger partial charge in [-0.25, -0.2) is 9.97 Å². The molecule has 0 N–H and O–H groups in total. The first-order valence-corrected chi connectivity index (χ1v) is 8.35. The Morgan fingerprint density at radius 2 is 1.90 bits per heavy atom. The van der Waals surface area contributed by atoms with Gasteiger partial charge in [-0.1, -0.05) is 45.7 Å². The van der Waals surface area contributed by atoms with Crippen LogP contribution in [0.4, 0.5) is 0 Å². The highest BCUT2D eigenvalue weighted by molar-refractivity contribution is 9.10. The van der Waals surface area contributed by atoms with E-state index < -0.39 is 0 Å².